The molecule has 7 heteroatoms. The lowest BCUT2D eigenvalue weighted by Crippen LogP contribution is -2.35. The van der Waals surface area contributed by atoms with Crippen molar-refractivity contribution in [3.05, 3.63) is 30.1 Å². The van der Waals surface area contributed by atoms with Gasteiger partial charge in [-0.2, -0.15) is 0 Å². The number of imidazole rings is 1. The SMILES string of the molecule is CC(=O)N[C@@H](C)c1nc2ccccc2n1CC(=O)NC[C@@H]1CCCO1. The van der Waals surface area contributed by atoms with Crippen LogP contribution in [-0.4, -0.2) is 40.6 Å². The number of amides is 2. The van der Waals surface area contributed by atoms with E-state index in [9.17, 15) is 9.59 Å². The average molecular weight is 344 g/mol. The highest BCUT2D eigenvalue weighted by molar-refractivity contribution is 5.81. The fourth-order valence-corrected chi connectivity index (χ4v) is 3.19. The Bertz CT molecular complexity index is 765. The molecule has 0 saturated carbocycles. The average Bonchev–Trinajstić information content (AvgIpc) is 3.20. The molecule has 7 nitrogen and oxygen atoms in total. The van der Waals surface area contributed by atoms with Gasteiger partial charge < -0.3 is 19.9 Å². The molecule has 1 fully saturated rings. The van der Waals surface area contributed by atoms with Gasteiger partial charge in [-0.15, -0.1) is 0 Å². The largest absolute Gasteiger partial charge is 0.376 e. The first-order valence-corrected chi connectivity index (χ1v) is 8.65. The molecule has 1 saturated heterocycles. The van der Waals surface area contributed by atoms with Gasteiger partial charge >= 0.3 is 0 Å². The minimum absolute atomic E-state index is 0.0880. The highest BCUT2D eigenvalue weighted by atomic mass is 16.5. The Labute approximate surface area is 146 Å². The summed E-state index contributed by atoms with van der Waals surface area (Å²) in [4.78, 5) is 28.4. The number of ether oxygens (including phenoxy) is 1. The van der Waals surface area contributed by atoms with E-state index in [-0.39, 0.29) is 30.5 Å². The van der Waals surface area contributed by atoms with Crippen molar-refractivity contribution in [1.82, 2.24) is 20.2 Å². The van der Waals surface area contributed by atoms with Crippen molar-refractivity contribution in [1.29, 1.82) is 0 Å². The van der Waals surface area contributed by atoms with Gasteiger partial charge in [-0.25, -0.2) is 4.98 Å². The van der Waals surface area contributed by atoms with E-state index < -0.39 is 0 Å². The van der Waals surface area contributed by atoms with E-state index in [0.717, 1.165) is 30.5 Å². The van der Waals surface area contributed by atoms with Crippen LogP contribution >= 0.6 is 0 Å². The van der Waals surface area contributed by atoms with Crippen molar-refractivity contribution in [2.24, 2.45) is 0 Å². The first kappa shape index (κ1) is 17.4. The lowest BCUT2D eigenvalue weighted by atomic mass is 10.2. The van der Waals surface area contributed by atoms with Gasteiger partial charge in [0.05, 0.1) is 23.2 Å². The molecule has 1 aromatic carbocycles. The normalized spacial score (nSPS) is 18.2. The third kappa shape index (κ3) is 4.17. The number of nitrogens with zero attached hydrogens (tertiary/aromatic N) is 2. The van der Waals surface area contributed by atoms with Gasteiger partial charge in [0.15, 0.2) is 0 Å². The van der Waals surface area contributed by atoms with Crippen molar-refractivity contribution in [2.45, 2.75) is 45.4 Å². The van der Waals surface area contributed by atoms with E-state index in [1.807, 2.05) is 35.8 Å². The molecule has 1 aromatic heterocycles. The Hall–Kier alpha value is -2.41. The highest BCUT2D eigenvalue weighted by Crippen LogP contribution is 2.20. The molecule has 1 aliphatic heterocycles. The van der Waals surface area contributed by atoms with Crippen LogP contribution in [0, 0.1) is 0 Å². The van der Waals surface area contributed by atoms with Gasteiger partial charge in [0.2, 0.25) is 11.8 Å². The molecule has 2 aromatic rings. The van der Waals surface area contributed by atoms with E-state index in [0.29, 0.717) is 12.4 Å². The number of hydrogen-bond donors (Lipinski definition) is 2. The molecule has 0 unspecified atom stereocenters. The molecule has 25 heavy (non-hydrogen) atoms. The Balaban J connectivity index is 1.77. The van der Waals surface area contributed by atoms with E-state index in [1.165, 1.54) is 6.92 Å². The van der Waals surface area contributed by atoms with Crippen molar-refractivity contribution in [2.75, 3.05) is 13.2 Å². The number of rotatable bonds is 6. The number of aromatic nitrogens is 2. The predicted octanol–water partition coefficient (Wildman–Crippen LogP) is 1.53. The molecule has 2 heterocycles. The van der Waals surface area contributed by atoms with Crippen LogP contribution in [0.25, 0.3) is 11.0 Å². The van der Waals surface area contributed by atoms with Gasteiger partial charge in [0.1, 0.15) is 12.4 Å². The topological polar surface area (TPSA) is 85.2 Å². The summed E-state index contributed by atoms with van der Waals surface area (Å²) in [5.41, 5.74) is 1.68. The standard InChI is InChI=1S/C18H24N4O3/c1-12(20-13(2)23)18-21-15-7-3-4-8-16(15)22(18)11-17(24)19-10-14-6-5-9-25-14/h3-4,7-8,12,14H,5-6,9-11H2,1-2H3,(H,19,24)(H,20,23)/t12-,14-/m0/s1. The molecule has 1 aliphatic rings. The van der Waals surface area contributed by atoms with E-state index in [2.05, 4.69) is 15.6 Å². The van der Waals surface area contributed by atoms with Crippen molar-refractivity contribution < 1.29 is 14.3 Å². The third-order valence-electron chi connectivity index (χ3n) is 4.34. The summed E-state index contributed by atoms with van der Waals surface area (Å²) in [5.74, 6) is 0.451. The predicted molar refractivity (Wildman–Crippen MR) is 93.9 cm³/mol. The lowest BCUT2D eigenvalue weighted by Gasteiger charge is -2.16. The Morgan fingerprint density at radius 3 is 2.92 bits per heavy atom. The molecule has 2 atom stereocenters. The molecule has 0 radical (unpaired) electrons. The second-order valence-corrected chi connectivity index (χ2v) is 6.41. The fourth-order valence-electron chi connectivity index (χ4n) is 3.19. The summed E-state index contributed by atoms with van der Waals surface area (Å²) in [7, 11) is 0. The molecule has 0 bridgehead atoms. The zero-order chi connectivity index (χ0) is 17.8. The summed E-state index contributed by atoms with van der Waals surface area (Å²) >= 11 is 0. The number of nitrogens with one attached hydrogen (secondary N) is 2. The van der Waals surface area contributed by atoms with Crippen LogP contribution in [0.4, 0.5) is 0 Å². The molecule has 0 spiro atoms. The Morgan fingerprint density at radius 2 is 2.20 bits per heavy atom. The molecular formula is C18H24N4O3. The van der Waals surface area contributed by atoms with E-state index >= 15 is 0 Å². The summed E-state index contributed by atoms with van der Waals surface area (Å²) < 4.78 is 7.40. The number of benzene rings is 1. The summed E-state index contributed by atoms with van der Waals surface area (Å²) in [6, 6.07) is 7.37. The molecule has 3 rings (SSSR count). The number of fused-ring (bicyclic) bond motifs is 1. The zero-order valence-electron chi connectivity index (χ0n) is 14.6. The Kier molecular flexibility index (Phi) is 5.33. The van der Waals surface area contributed by atoms with Crippen LogP contribution < -0.4 is 10.6 Å². The second-order valence-electron chi connectivity index (χ2n) is 6.41. The first-order chi connectivity index (χ1) is 12.0. The minimum atomic E-state index is -0.282. The van der Waals surface area contributed by atoms with Crippen LogP contribution in [0.5, 0.6) is 0 Å². The van der Waals surface area contributed by atoms with Crippen LogP contribution in [0.1, 0.15) is 38.6 Å². The van der Waals surface area contributed by atoms with E-state index in [4.69, 9.17) is 4.74 Å². The van der Waals surface area contributed by atoms with E-state index in [1.54, 1.807) is 0 Å². The van der Waals surface area contributed by atoms with Crippen LogP contribution in [0.15, 0.2) is 24.3 Å². The van der Waals surface area contributed by atoms with Crippen molar-refractivity contribution >= 4 is 22.8 Å². The molecule has 134 valence electrons. The molecular weight excluding hydrogens is 320 g/mol. The van der Waals surface area contributed by atoms with Gasteiger partial charge in [0.25, 0.3) is 0 Å². The smallest absolute Gasteiger partial charge is 0.240 e. The van der Waals surface area contributed by atoms with Crippen molar-refractivity contribution in [3.63, 3.8) is 0 Å². The summed E-state index contributed by atoms with van der Waals surface area (Å²) in [5, 5.41) is 5.77. The van der Waals surface area contributed by atoms with Gasteiger partial charge in [-0.1, -0.05) is 12.1 Å². The quantitative estimate of drug-likeness (QED) is 0.832. The monoisotopic (exact) mass is 344 g/mol. The minimum Gasteiger partial charge on any atom is -0.376 e. The second kappa shape index (κ2) is 7.65. The third-order valence-corrected chi connectivity index (χ3v) is 4.34. The number of carbonyl (C=O) groups excluding carboxylic acids is 2. The molecule has 2 amide bonds. The van der Waals surface area contributed by atoms with Crippen LogP contribution in [0.2, 0.25) is 0 Å². The fraction of sp³-hybridized carbons (Fsp3) is 0.500. The zero-order valence-corrected chi connectivity index (χ0v) is 14.6. The van der Waals surface area contributed by atoms with Crippen LogP contribution in [0.3, 0.4) is 0 Å². The van der Waals surface area contributed by atoms with Gasteiger partial charge in [-0.05, 0) is 31.9 Å². The highest BCUT2D eigenvalue weighted by Gasteiger charge is 2.20. The maximum atomic E-state index is 12.4. The maximum absolute atomic E-state index is 12.4. The Morgan fingerprint density at radius 1 is 1.40 bits per heavy atom. The lowest BCUT2D eigenvalue weighted by molar-refractivity contribution is -0.122. The van der Waals surface area contributed by atoms with Gasteiger partial charge in [-0.3, -0.25) is 9.59 Å². The maximum Gasteiger partial charge on any atom is 0.240 e. The number of carbonyl (C=O) groups is 2. The van der Waals surface area contributed by atoms with Crippen molar-refractivity contribution in [3.8, 4) is 0 Å². The summed E-state index contributed by atoms with van der Waals surface area (Å²) in [6.07, 6.45) is 2.14. The van der Waals surface area contributed by atoms with Crippen LogP contribution in [-0.2, 0) is 20.9 Å². The first-order valence-electron chi connectivity index (χ1n) is 8.65. The molecule has 2 N–H and O–H groups in total. The van der Waals surface area contributed by atoms with Gasteiger partial charge in [0, 0.05) is 20.1 Å². The number of para-hydroxylation sites is 2. The summed E-state index contributed by atoms with van der Waals surface area (Å²) in [6.45, 7) is 4.79. The molecule has 0 aliphatic carbocycles. The number of hydrogen-bond acceptors (Lipinski definition) is 4.